The topological polar surface area (TPSA) is 153 Å². The van der Waals surface area contributed by atoms with Crippen LogP contribution in [0.5, 0.6) is 0 Å². The number of nitro benzene ring substituents is 1. The van der Waals surface area contributed by atoms with Gasteiger partial charge in [-0.05, 0) is 26.0 Å². The van der Waals surface area contributed by atoms with E-state index < -0.39 is 22.3 Å². The van der Waals surface area contributed by atoms with Crippen LogP contribution in [-0.2, 0) is 4.79 Å². The SMILES string of the molecule is CC(C)(CC(N)=O)NC(=O)c1ccc(NN)c([N+](=O)[O-])c1. The summed E-state index contributed by atoms with van der Waals surface area (Å²) in [6.07, 6.45) is -0.0523. The first-order valence-corrected chi connectivity index (χ1v) is 6.02. The van der Waals surface area contributed by atoms with E-state index in [2.05, 4.69) is 10.7 Å². The zero-order valence-electron chi connectivity index (χ0n) is 11.7. The van der Waals surface area contributed by atoms with Crippen LogP contribution < -0.4 is 22.3 Å². The monoisotopic (exact) mass is 295 g/mol. The van der Waals surface area contributed by atoms with Crippen LogP contribution in [-0.4, -0.2) is 22.3 Å². The van der Waals surface area contributed by atoms with Crippen LogP contribution in [0.4, 0.5) is 11.4 Å². The maximum atomic E-state index is 12.1. The van der Waals surface area contributed by atoms with Crippen LogP contribution in [0, 0.1) is 10.1 Å². The first-order chi connectivity index (χ1) is 9.66. The van der Waals surface area contributed by atoms with E-state index in [4.69, 9.17) is 11.6 Å². The Balaban J connectivity index is 3.01. The van der Waals surface area contributed by atoms with E-state index in [-0.39, 0.29) is 23.4 Å². The Bertz CT molecular complexity index is 585. The summed E-state index contributed by atoms with van der Waals surface area (Å²) in [6, 6.07) is 3.82. The average molecular weight is 295 g/mol. The fourth-order valence-corrected chi connectivity index (χ4v) is 1.81. The number of carbonyl (C=O) groups is 2. The van der Waals surface area contributed by atoms with Crippen molar-refractivity contribution in [1.29, 1.82) is 0 Å². The number of nitro groups is 1. The van der Waals surface area contributed by atoms with Crippen molar-refractivity contribution in [3.63, 3.8) is 0 Å². The van der Waals surface area contributed by atoms with Gasteiger partial charge in [-0.3, -0.25) is 25.5 Å². The van der Waals surface area contributed by atoms with Gasteiger partial charge in [0.2, 0.25) is 5.91 Å². The molecule has 9 nitrogen and oxygen atoms in total. The molecule has 1 aromatic carbocycles. The minimum Gasteiger partial charge on any atom is -0.370 e. The quantitative estimate of drug-likeness (QED) is 0.335. The molecule has 0 saturated heterocycles. The zero-order valence-corrected chi connectivity index (χ0v) is 11.7. The Labute approximate surface area is 120 Å². The molecule has 0 aliphatic carbocycles. The van der Waals surface area contributed by atoms with Gasteiger partial charge in [0.15, 0.2) is 0 Å². The van der Waals surface area contributed by atoms with Crippen LogP contribution in [0.1, 0.15) is 30.6 Å². The van der Waals surface area contributed by atoms with Gasteiger partial charge in [-0.15, -0.1) is 0 Å². The molecule has 0 spiro atoms. The number of hydrazine groups is 1. The van der Waals surface area contributed by atoms with E-state index in [1.54, 1.807) is 13.8 Å². The number of carbonyl (C=O) groups excluding carboxylic acids is 2. The molecule has 9 heteroatoms. The molecule has 0 aromatic heterocycles. The molecule has 21 heavy (non-hydrogen) atoms. The maximum absolute atomic E-state index is 12.1. The smallest absolute Gasteiger partial charge is 0.294 e. The molecular weight excluding hydrogens is 278 g/mol. The van der Waals surface area contributed by atoms with Gasteiger partial charge in [-0.2, -0.15) is 0 Å². The molecule has 0 heterocycles. The van der Waals surface area contributed by atoms with Gasteiger partial charge in [0.1, 0.15) is 5.69 Å². The van der Waals surface area contributed by atoms with Crippen LogP contribution >= 0.6 is 0 Å². The third kappa shape index (κ3) is 4.42. The van der Waals surface area contributed by atoms with Crippen LogP contribution in [0.25, 0.3) is 0 Å². The van der Waals surface area contributed by atoms with Crippen molar-refractivity contribution in [2.45, 2.75) is 25.8 Å². The lowest BCUT2D eigenvalue weighted by atomic mass is 9.99. The molecule has 2 amide bonds. The lowest BCUT2D eigenvalue weighted by Gasteiger charge is -2.24. The third-order valence-corrected chi connectivity index (χ3v) is 2.68. The summed E-state index contributed by atoms with van der Waals surface area (Å²) in [5, 5.41) is 13.5. The number of benzene rings is 1. The van der Waals surface area contributed by atoms with E-state index in [1.165, 1.54) is 12.1 Å². The van der Waals surface area contributed by atoms with E-state index in [9.17, 15) is 19.7 Å². The van der Waals surface area contributed by atoms with Crippen molar-refractivity contribution in [1.82, 2.24) is 5.32 Å². The summed E-state index contributed by atoms with van der Waals surface area (Å²) in [7, 11) is 0. The van der Waals surface area contributed by atoms with Crippen molar-refractivity contribution in [3.8, 4) is 0 Å². The predicted molar refractivity (Wildman–Crippen MR) is 76.3 cm³/mol. The fourth-order valence-electron chi connectivity index (χ4n) is 1.81. The number of anilines is 1. The van der Waals surface area contributed by atoms with Gasteiger partial charge >= 0.3 is 0 Å². The minimum atomic E-state index is -0.859. The lowest BCUT2D eigenvalue weighted by molar-refractivity contribution is -0.384. The molecule has 0 aliphatic heterocycles. The van der Waals surface area contributed by atoms with E-state index >= 15 is 0 Å². The number of hydrogen-bond donors (Lipinski definition) is 4. The number of amides is 2. The predicted octanol–water partition coefficient (Wildman–Crippen LogP) is 0.264. The highest BCUT2D eigenvalue weighted by atomic mass is 16.6. The third-order valence-electron chi connectivity index (χ3n) is 2.68. The molecule has 1 aromatic rings. The molecule has 0 fully saturated rings. The summed E-state index contributed by atoms with van der Waals surface area (Å²) in [6.45, 7) is 3.25. The largest absolute Gasteiger partial charge is 0.370 e. The first kappa shape index (κ1) is 16.4. The Morgan fingerprint density at radius 1 is 1.38 bits per heavy atom. The summed E-state index contributed by atoms with van der Waals surface area (Å²) in [5.41, 5.74) is 6.27. The number of rotatable bonds is 6. The molecule has 0 radical (unpaired) electrons. The van der Waals surface area contributed by atoms with Crippen molar-refractivity contribution >= 4 is 23.2 Å². The zero-order chi connectivity index (χ0) is 16.2. The number of primary amides is 1. The highest BCUT2D eigenvalue weighted by Gasteiger charge is 2.25. The molecule has 0 saturated carbocycles. The minimum absolute atomic E-state index is 0.0523. The van der Waals surface area contributed by atoms with Gasteiger partial charge in [0, 0.05) is 23.6 Å². The molecule has 6 N–H and O–H groups in total. The van der Waals surface area contributed by atoms with Crippen molar-refractivity contribution < 1.29 is 14.5 Å². The summed E-state index contributed by atoms with van der Waals surface area (Å²) >= 11 is 0. The Morgan fingerprint density at radius 3 is 2.48 bits per heavy atom. The summed E-state index contributed by atoms with van der Waals surface area (Å²) in [5.74, 6) is 4.06. The van der Waals surface area contributed by atoms with Gasteiger partial charge in [0.05, 0.1) is 4.92 Å². The van der Waals surface area contributed by atoms with E-state index in [0.29, 0.717) is 0 Å². The molecule has 0 unspecified atom stereocenters. The molecular formula is C12H17N5O4. The highest BCUT2D eigenvalue weighted by Crippen LogP contribution is 2.24. The molecule has 0 atom stereocenters. The lowest BCUT2D eigenvalue weighted by Crippen LogP contribution is -2.46. The fraction of sp³-hybridized carbons (Fsp3) is 0.333. The first-order valence-electron chi connectivity index (χ1n) is 6.02. The van der Waals surface area contributed by atoms with Crippen molar-refractivity contribution in [2.24, 2.45) is 11.6 Å². The Morgan fingerprint density at radius 2 is 2.00 bits per heavy atom. The van der Waals surface area contributed by atoms with Crippen LogP contribution in [0.15, 0.2) is 18.2 Å². The van der Waals surface area contributed by atoms with Crippen molar-refractivity contribution in [2.75, 3.05) is 5.43 Å². The summed E-state index contributed by atoms with van der Waals surface area (Å²) < 4.78 is 0. The van der Waals surface area contributed by atoms with Gasteiger partial charge in [-0.1, -0.05) is 0 Å². The standard InChI is InChI=1S/C12H17N5O4/c1-12(2,6-10(13)18)15-11(19)7-3-4-8(16-14)9(5-7)17(20)21/h3-5,16H,6,14H2,1-2H3,(H2,13,18)(H,15,19). The highest BCUT2D eigenvalue weighted by molar-refractivity contribution is 5.96. The molecule has 0 aliphatic rings. The second-order valence-corrected chi connectivity index (χ2v) is 5.11. The number of hydrogen-bond acceptors (Lipinski definition) is 6. The molecule has 1 rings (SSSR count). The number of nitrogens with zero attached hydrogens (tertiary/aromatic N) is 1. The van der Waals surface area contributed by atoms with Crippen LogP contribution in [0.3, 0.4) is 0 Å². The van der Waals surface area contributed by atoms with Gasteiger partial charge in [-0.25, -0.2) is 0 Å². The number of nitrogen functional groups attached to an aromatic ring is 1. The Hall–Kier alpha value is -2.68. The number of nitrogens with two attached hydrogens (primary N) is 2. The van der Waals surface area contributed by atoms with E-state index in [1.807, 2.05) is 0 Å². The van der Waals surface area contributed by atoms with Crippen molar-refractivity contribution in [3.05, 3.63) is 33.9 Å². The Kier molecular flexibility index (Phi) is 4.82. The molecule has 114 valence electrons. The van der Waals surface area contributed by atoms with Gasteiger partial charge in [0.25, 0.3) is 11.6 Å². The van der Waals surface area contributed by atoms with Crippen LogP contribution in [0.2, 0.25) is 0 Å². The average Bonchev–Trinajstić information content (AvgIpc) is 2.35. The maximum Gasteiger partial charge on any atom is 0.294 e. The summed E-state index contributed by atoms with van der Waals surface area (Å²) in [4.78, 5) is 33.2. The molecule has 0 bridgehead atoms. The normalized spacial score (nSPS) is 10.8. The second kappa shape index (κ2) is 6.18. The second-order valence-electron chi connectivity index (χ2n) is 5.11. The number of nitrogens with one attached hydrogen (secondary N) is 2. The van der Waals surface area contributed by atoms with Gasteiger partial charge < -0.3 is 16.5 Å². The van der Waals surface area contributed by atoms with E-state index in [0.717, 1.165) is 6.07 Å².